The van der Waals surface area contributed by atoms with Crippen molar-refractivity contribution in [2.75, 3.05) is 39.4 Å². The van der Waals surface area contributed by atoms with E-state index in [1.807, 2.05) is 47.6 Å². The lowest BCUT2D eigenvalue weighted by atomic mass is 10.1. The highest BCUT2D eigenvalue weighted by atomic mass is 16.6. The fourth-order valence-corrected chi connectivity index (χ4v) is 3.39. The number of hydrogen-bond donors (Lipinski definition) is 0. The normalized spacial score (nSPS) is 17.2. The van der Waals surface area contributed by atoms with Gasteiger partial charge in [-0.15, -0.1) is 0 Å². The third-order valence-electron chi connectivity index (χ3n) is 4.84. The van der Waals surface area contributed by atoms with Gasteiger partial charge in [0.15, 0.2) is 11.5 Å². The summed E-state index contributed by atoms with van der Waals surface area (Å²) in [6.45, 7) is 5.39. The number of benzene rings is 1. The average molecular weight is 353 g/mol. The van der Waals surface area contributed by atoms with Crippen molar-refractivity contribution in [2.24, 2.45) is 0 Å². The van der Waals surface area contributed by atoms with Gasteiger partial charge in [0.1, 0.15) is 13.2 Å². The maximum atomic E-state index is 12.6. The van der Waals surface area contributed by atoms with Crippen LogP contribution < -0.4 is 9.47 Å². The molecule has 1 amide bonds. The van der Waals surface area contributed by atoms with E-state index in [2.05, 4.69) is 9.88 Å². The fraction of sp³-hybridized carbons (Fsp3) is 0.400. The maximum absolute atomic E-state index is 12.6. The Labute approximate surface area is 153 Å². The number of pyridine rings is 1. The number of hydrogen-bond acceptors (Lipinski definition) is 5. The molecule has 2 aliphatic rings. The smallest absolute Gasteiger partial charge is 0.227 e. The number of nitrogens with zero attached hydrogens (tertiary/aromatic N) is 3. The van der Waals surface area contributed by atoms with Crippen molar-refractivity contribution in [1.29, 1.82) is 0 Å². The van der Waals surface area contributed by atoms with Crippen LogP contribution in [0.5, 0.6) is 11.5 Å². The molecule has 136 valence electrons. The number of carbonyl (C=O) groups is 1. The molecule has 0 saturated carbocycles. The number of piperazine rings is 1. The van der Waals surface area contributed by atoms with Crippen molar-refractivity contribution in [1.82, 2.24) is 14.8 Å². The molecule has 0 atom stereocenters. The molecule has 0 N–H and O–H groups in total. The molecular formula is C20H23N3O3. The number of carbonyl (C=O) groups excluding carboxylic acids is 1. The Morgan fingerprint density at radius 2 is 1.65 bits per heavy atom. The van der Waals surface area contributed by atoms with Gasteiger partial charge >= 0.3 is 0 Å². The van der Waals surface area contributed by atoms with Gasteiger partial charge < -0.3 is 14.4 Å². The molecule has 0 radical (unpaired) electrons. The minimum Gasteiger partial charge on any atom is -0.486 e. The van der Waals surface area contributed by atoms with E-state index in [0.717, 1.165) is 49.8 Å². The van der Waals surface area contributed by atoms with Gasteiger partial charge in [0.2, 0.25) is 5.91 Å². The summed E-state index contributed by atoms with van der Waals surface area (Å²) in [6, 6.07) is 9.85. The molecular weight excluding hydrogens is 330 g/mol. The number of rotatable bonds is 4. The summed E-state index contributed by atoms with van der Waals surface area (Å²) >= 11 is 0. The zero-order valence-corrected chi connectivity index (χ0v) is 14.8. The first-order valence-corrected chi connectivity index (χ1v) is 9.05. The Morgan fingerprint density at radius 1 is 0.923 bits per heavy atom. The Bertz CT molecular complexity index is 758. The van der Waals surface area contributed by atoms with Crippen LogP contribution in [-0.4, -0.2) is 60.1 Å². The number of aromatic nitrogens is 1. The van der Waals surface area contributed by atoms with E-state index >= 15 is 0 Å². The summed E-state index contributed by atoms with van der Waals surface area (Å²) in [7, 11) is 0. The van der Waals surface area contributed by atoms with E-state index in [-0.39, 0.29) is 5.91 Å². The molecule has 0 unspecified atom stereocenters. The molecule has 6 nitrogen and oxygen atoms in total. The largest absolute Gasteiger partial charge is 0.486 e. The van der Waals surface area contributed by atoms with Crippen LogP contribution in [0.3, 0.4) is 0 Å². The lowest BCUT2D eigenvalue weighted by molar-refractivity contribution is -0.132. The second-order valence-corrected chi connectivity index (χ2v) is 6.67. The molecule has 4 rings (SSSR count). The Balaban J connectivity index is 1.30. The SMILES string of the molecule is O=C(Cc1ccc2c(c1)OCCO2)N1CCN(Cc2ccncc2)CC1. The van der Waals surface area contributed by atoms with E-state index in [1.165, 1.54) is 5.56 Å². The van der Waals surface area contributed by atoms with Crippen LogP contribution in [0.4, 0.5) is 0 Å². The van der Waals surface area contributed by atoms with E-state index in [4.69, 9.17) is 9.47 Å². The van der Waals surface area contributed by atoms with Gasteiger partial charge in [-0.1, -0.05) is 6.07 Å². The summed E-state index contributed by atoms with van der Waals surface area (Å²) < 4.78 is 11.1. The van der Waals surface area contributed by atoms with Crippen LogP contribution in [0.15, 0.2) is 42.7 Å². The van der Waals surface area contributed by atoms with Crippen molar-refractivity contribution >= 4 is 5.91 Å². The number of ether oxygens (including phenoxy) is 2. The molecule has 2 aromatic rings. The molecule has 0 bridgehead atoms. The highest BCUT2D eigenvalue weighted by Crippen LogP contribution is 2.31. The summed E-state index contributed by atoms with van der Waals surface area (Å²) in [4.78, 5) is 21.0. The second kappa shape index (κ2) is 7.74. The van der Waals surface area contributed by atoms with Gasteiger partial charge in [-0.3, -0.25) is 14.7 Å². The molecule has 3 heterocycles. The second-order valence-electron chi connectivity index (χ2n) is 6.67. The van der Waals surface area contributed by atoms with Gasteiger partial charge in [-0.2, -0.15) is 0 Å². The fourth-order valence-electron chi connectivity index (χ4n) is 3.39. The topological polar surface area (TPSA) is 54.9 Å². The van der Waals surface area contributed by atoms with Gasteiger partial charge in [0.05, 0.1) is 6.42 Å². The van der Waals surface area contributed by atoms with Crippen molar-refractivity contribution in [3.8, 4) is 11.5 Å². The van der Waals surface area contributed by atoms with Crippen molar-refractivity contribution in [3.63, 3.8) is 0 Å². The van der Waals surface area contributed by atoms with Crippen LogP contribution in [0.25, 0.3) is 0 Å². The van der Waals surface area contributed by atoms with Crippen LogP contribution in [0.2, 0.25) is 0 Å². The highest BCUT2D eigenvalue weighted by molar-refractivity contribution is 5.79. The Hall–Kier alpha value is -2.60. The van der Waals surface area contributed by atoms with Gasteiger partial charge in [0.25, 0.3) is 0 Å². The third-order valence-corrected chi connectivity index (χ3v) is 4.84. The lowest BCUT2D eigenvalue weighted by Crippen LogP contribution is -2.48. The standard InChI is InChI=1S/C20H23N3O3/c24-20(14-17-1-2-18-19(13-17)26-12-11-25-18)23-9-7-22(8-10-23)15-16-3-5-21-6-4-16/h1-6,13H,7-12,14-15H2. The predicted molar refractivity (Wildman–Crippen MR) is 97.2 cm³/mol. The maximum Gasteiger partial charge on any atom is 0.227 e. The van der Waals surface area contributed by atoms with Crippen molar-refractivity contribution in [2.45, 2.75) is 13.0 Å². The molecule has 0 spiro atoms. The van der Waals surface area contributed by atoms with Crippen LogP contribution in [-0.2, 0) is 17.8 Å². The molecule has 1 aromatic carbocycles. The molecule has 1 saturated heterocycles. The van der Waals surface area contributed by atoms with E-state index in [1.54, 1.807) is 0 Å². The summed E-state index contributed by atoms with van der Waals surface area (Å²) in [6.07, 6.45) is 4.05. The molecule has 1 fully saturated rings. The van der Waals surface area contributed by atoms with Crippen LogP contribution >= 0.6 is 0 Å². The van der Waals surface area contributed by atoms with E-state index in [0.29, 0.717) is 19.6 Å². The lowest BCUT2D eigenvalue weighted by Gasteiger charge is -2.34. The average Bonchev–Trinajstić information content (AvgIpc) is 2.69. The van der Waals surface area contributed by atoms with Gasteiger partial charge in [0, 0.05) is 45.1 Å². The number of amides is 1. The number of fused-ring (bicyclic) bond motifs is 1. The first kappa shape index (κ1) is 16.8. The first-order chi connectivity index (χ1) is 12.8. The summed E-state index contributed by atoms with van der Waals surface area (Å²) in [5.41, 5.74) is 2.23. The van der Waals surface area contributed by atoms with Gasteiger partial charge in [-0.05, 0) is 35.4 Å². The zero-order valence-electron chi connectivity index (χ0n) is 14.8. The summed E-state index contributed by atoms with van der Waals surface area (Å²) in [5, 5.41) is 0. The predicted octanol–water partition coefficient (Wildman–Crippen LogP) is 1.74. The summed E-state index contributed by atoms with van der Waals surface area (Å²) in [5.74, 6) is 1.67. The third kappa shape index (κ3) is 3.96. The first-order valence-electron chi connectivity index (χ1n) is 9.05. The zero-order chi connectivity index (χ0) is 17.8. The quantitative estimate of drug-likeness (QED) is 0.838. The molecule has 2 aliphatic heterocycles. The van der Waals surface area contributed by atoms with Crippen LogP contribution in [0.1, 0.15) is 11.1 Å². The monoisotopic (exact) mass is 353 g/mol. The molecule has 1 aromatic heterocycles. The molecule has 6 heteroatoms. The van der Waals surface area contributed by atoms with Crippen LogP contribution in [0, 0.1) is 0 Å². The van der Waals surface area contributed by atoms with E-state index < -0.39 is 0 Å². The van der Waals surface area contributed by atoms with Gasteiger partial charge in [-0.25, -0.2) is 0 Å². The van der Waals surface area contributed by atoms with E-state index in [9.17, 15) is 4.79 Å². The minimum atomic E-state index is 0.172. The Kier molecular flexibility index (Phi) is 5.02. The van der Waals surface area contributed by atoms with Crippen molar-refractivity contribution < 1.29 is 14.3 Å². The minimum absolute atomic E-state index is 0.172. The molecule has 0 aliphatic carbocycles. The van der Waals surface area contributed by atoms with Crippen molar-refractivity contribution in [3.05, 3.63) is 53.9 Å². The molecule has 26 heavy (non-hydrogen) atoms. The Morgan fingerprint density at radius 3 is 2.42 bits per heavy atom. The highest BCUT2D eigenvalue weighted by Gasteiger charge is 2.22.